The number of alkyl halides is 3. The number of para-hydroxylation sites is 1. The molecular formula is C9H4BrF3N2O. The molecule has 1 N–H and O–H groups in total. The molecule has 0 atom stereocenters. The molecule has 0 radical (unpaired) electrons. The van der Waals surface area contributed by atoms with E-state index in [1.165, 1.54) is 12.1 Å². The molecule has 0 saturated heterocycles. The van der Waals surface area contributed by atoms with Gasteiger partial charge in [0.05, 0.1) is 15.7 Å². The highest BCUT2D eigenvalue weighted by Crippen LogP contribution is 2.34. The lowest BCUT2D eigenvalue weighted by atomic mass is 10.1. The molecule has 0 saturated carbocycles. The number of nitrogens with zero attached hydrogens (tertiary/aromatic N) is 1. The van der Waals surface area contributed by atoms with Gasteiger partial charge in [0.2, 0.25) is 0 Å². The average molecular weight is 293 g/mol. The Labute approximate surface area is 95.4 Å². The molecule has 1 aromatic carbocycles. The van der Waals surface area contributed by atoms with Crippen LogP contribution in [-0.2, 0) is 6.18 Å². The summed E-state index contributed by atoms with van der Waals surface area (Å²) in [6, 6.07) is 3.59. The van der Waals surface area contributed by atoms with E-state index >= 15 is 0 Å². The van der Waals surface area contributed by atoms with Crippen LogP contribution in [0.15, 0.2) is 27.6 Å². The van der Waals surface area contributed by atoms with Gasteiger partial charge in [-0.3, -0.25) is 4.98 Å². The van der Waals surface area contributed by atoms with Gasteiger partial charge in [0.1, 0.15) is 0 Å². The summed E-state index contributed by atoms with van der Waals surface area (Å²) in [5, 5.41) is 0.217. The highest BCUT2D eigenvalue weighted by Gasteiger charge is 2.33. The minimum Gasteiger partial charge on any atom is -0.299 e. The van der Waals surface area contributed by atoms with Crippen LogP contribution in [0.2, 0.25) is 0 Å². The van der Waals surface area contributed by atoms with E-state index in [0.29, 0.717) is 0 Å². The van der Waals surface area contributed by atoms with E-state index in [0.717, 1.165) is 6.07 Å². The van der Waals surface area contributed by atoms with Crippen molar-refractivity contribution < 1.29 is 13.2 Å². The summed E-state index contributed by atoms with van der Waals surface area (Å²) >= 11 is 2.99. The van der Waals surface area contributed by atoms with Crippen molar-refractivity contribution in [3.8, 4) is 0 Å². The van der Waals surface area contributed by atoms with Crippen molar-refractivity contribution in [2.45, 2.75) is 6.18 Å². The smallest absolute Gasteiger partial charge is 0.299 e. The molecule has 0 aliphatic carbocycles. The number of fused-ring (bicyclic) bond motifs is 1. The third-order valence-electron chi connectivity index (χ3n) is 2.01. The van der Waals surface area contributed by atoms with Crippen LogP contribution >= 0.6 is 15.9 Å². The summed E-state index contributed by atoms with van der Waals surface area (Å²) < 4.78 is 38.0. The Morgan fingerprint density at radius 1 is 1.31 bits per heavy atom. The van der Waals surface area contributed by atoms with Crippen molar-refractivity contribution in [2.24, 2.45) is 0 Å². The van der Waals surface area contributed by atoms with E-state index in [2.05, 4.69) is 25.9 Å². The first-order valence-corrected chi connectivity index (χ1v) is 4.94. The van der Waals surface area contributed by atoms with Gasteiger partial charge >= 0.3 is 11.9 Å². The molecule has 16 heavy (non-hydrogen) atoms. The quantitative estimate of drug-likeness (QED) is 0.759. The summed E-state index contributed by atoms with van der Waals surface area (Å²) in [5.74, 6) is 0. The first-order valence-electron chi connectivity index (χ1n) is 4.15. The molecule has 1 heterocycles. The van der Waals surface area contributed by atoms with Gasteiger partial charge in [-0.2, -0.15) is 18.2 Å². The van der Waals surface area contributed by atoms with Gasteiger partial charge in [0.15, 0.2) is 0 Å². The molecule has 0 spiro atoms. The lowest BCUT2D eigenvalue weighted by Crippen LogP contribution is -2.14. The normalized spacial score (nSPS) is 12.0. The van der Waals surface area contributed by atoms with Crippen LogP contribution in [0.25, 0.3) is 10.9 Å². The topological polar surface area (TPSA) is 45.8 Å². The highest BCUT2D eigenvalue weighted by atomic mass is 79.9. The molecule has 0 bridgehead atoms. The number of hydrogen-bond donors (Lipinski definition) is 1. The van der Waals surface area contributed by atoms with Crippen LogP contribution in [0.5, 0.6) is 0 Å². The monoisotopic (exact) mass is 292 g/mol. The second kappa shape index (κ2) is 3.58. The maximum absolute atomic E-state index is 12.6. The number of rotatable bonds is 0. The number of halogens is 4. The van der Waals surface area contributed by atoms with Gasteiger partial charge in [-0.25, -0.2) is 4.79 Å². The molecule has 0 amide bonds. The minimum atomic E-state index is -4.53. The second-order valence-electron chi connectivity index (χ2n) is 3.06. The Morgan fingerprint density at radius 2 is 2.00 bits per heavy atom. The maximum atomic E-state index is 12.6. The van der Waals surface area contributed by atoms with Crippen molar-refractivity contribution in [3.05, 3.63) is 38.9 Å². The van der Waals surface area contributed by atoms with Crippen LogP contribution in [0, 0.1) is 0 Å². The molecule has 0 unspecified atom stereocenters. The number of H-pyrrole nitrogens is 1. The van der Waals surface area contributed by atoms with E-state index in [9.17, 15) is 18.0 Å². The molecule has 0 fully saturated rings. The van der Waals surface area contributed by atoms with Crippen molar-refractivity contribution in [1.82, 2.24) is 9.97 Å². The van der Waals surface area contributed by atoms with E-state index in [1.807, 2.05) is 0 Å². The van der Waals surface area contributed by atoms with Gasteiger partial charge in [0, 0.05) is 5.39 Å². The Morgan fingerprint density at radius 3 is 2.62 bits per heavy atom. The largest absolute Gasteiger partial charge is 0.418 e. The van der Waals surface area contributed by atoms with Gasteiger partial charge in [-0.15, -0.1) is 0 Å². The number of hydrogen-bond acceptors (Lipinski definition) is 2. The summed E-state index contributed by atoms with van der Waals surface area (Å²) in [6.45, 7) is 0. The molecular weight excluding hydrogens is 289 g/mol. The highest BCUT2D eigenvalue weighted by molar-refractivity contribution is 9.10. The van der Waals surface area contributed by atoms with Gasteiger partial charge in [-0.1, -0.05) is 12.1 Å². The summed E-state index contributed by atoms with van der Waals surface area (Å²) in [7, 11) is 0. The Kier molecular flexibility index (Phi) is 2.49. The molecule has 0 aliphatic heterocycles. The molecule has 2 aromatic rings. The molecule has 84 valence electrons. The zero-order valence-corrected chi connectivity index (χ0v) is 9.19. The van der Waals surface area contributed by atoms with Crippen molar-refractivity contribution in [2.75, 3.05) is 0 Å². The van der Waals surface area contributed by atoms with Crippen LogP contribution < -0.4 is 5.69 Å². The Balaban J connectivity index is 2.93. The van der Waals surface area contributed by atoms with Crippen LogP contribution in [0.1, 0.15) is 5.56 Å². The lowest BCUT2D eigenvalue weighted by Gasteiger charge is -2.09. The molecule has 3 nitrogen and oxygen atoms in total. The maximum Gasteiger partial charge on any atom is 0.418 e. The predicted octanol–water partition coefficient (Wildman–Crippen LogP) is 2.70. The van der Waals surface area contributed by atoms with E-state index in [-0.39, 0.29) is 15.5 Å². The summed E-state index contributed by atoms with van der Waals surface area (Å²) in [5.41, 5.74) is -2.10. The van der Waals surface area contributed by atoms with E-state index in [4.69, 9.17) is 0 Å². The third kappa shape index (κ3) is 1.82. The Hall–Kier alpha value is -1.37. The lowest BCUT2D eigenvalue weighted by molar-refractivity contribution is -0.136. The van der Waals surface area contributed by atoms with Crippen LogP contribution in [-0.4, -0.2) is 9.97 Å². The van der Waals surface area contributed by atoms with E-state index < -0.39 is 17.4 Å². The van der Waals surface area contributed by atoms with Crippen molar-refractivity contribution >= 4 is 26.8 Å². The van der Waals surface area contributed by atoms with Gasteiger partial charge in [-0.05, 0) is 22.0 Å². The first-order chi connectivity index (χ1) is 7.39. The molecule has 1 aromatic heterocycles. The van der Waals surface area contributed by atoms with Crippen molar-refractivity contribution in [3.63, 3.8) is 0 Å². The molecule has 2 rings (SSSR count). The number of aromatic nitrogens is 2. The first kappa shape index (κ1) is 11.1. The Bertz CT molecular complexity index is 606. The number of aromatic amines is 1. The fourth-order valence-corrected chi connectivity index (χ4v) is 1.85. The van der Waals surface area contributed by atoms with E-state index in [1.54, 1.807) is 0 Å². The minimum absolute atomic E-state index is 0.189. The molecule has 0 aliphatic rings. The number of nitrogens with one attached hydrogen (secondary N) is 1. The van der Waals surface area contributed by atoms with Crippen molar-refractivity contribution in [1.29, 1.82) is 0 Å². The zero-order chi connectivity index (χ0) is 11.9. The predicted molar refractivity (Wildman–Crippen MR) is 55.1 cm³/mol. The number of benzene rings is 1. The summed E-state index contributed by atoms with van der Waals surface area (Å²) in [6.07, 6.45) is -4.53. The average Bonchev–Trinajstić information content (AvgIpc) is 2.15. The van der Waals surface area contributed by atoms with Crippen LogP contribution in [0.3, 0.4) is 0 Å². The fraction of sp³-hybridized carbons (Fsp3) is 0.111. The van der Waals surface area contributed by atoms with Crippen LogP contribution in [0.4, 0.5) is 13.2 Å². The molecule has 7 heteroatoms. The standard InChI is InChI=1S/C9H4BrF3N2O/c10-7-4-2-1-3-5(9(11,12)13)6(4)14-8(16)15-7/h1-3H,(H,14,15,16). The fourth-order valence-electron chi connectivity index (χ4n) is 1.36. The van der Waals surface area contributed by atoms with Gasteiger partial charge < -0.3 is 0 Å². The zero-order valence-electron chi connectivity index (χ0n) is 7.60. The summed E-state index contributed by atoms with van der Waals surface area (Å²) in [4.78, 5) is 16.6. The second-order valence-corrected chi connectivity index (χ2v) is 3.85. The third-order valence-corrected chi connectivity index (χ3v) is 2.63. The SMILES string of the molecule is O=c1nc2c(C(F)(F)F)cccc2c(Br)[nH]1. The van der Waals surface area contributed by atoms with Gasteiger partial charge in [0.25, 0.3) is 0 Å².